The number of quaternary nitrogens is 2. The van der Waals surface area contributed by atoms with Crippen LogP contribution in [0, 0.1) is 5.82 Å². The number of benzene rings is 1. The van der Waals surface area contributed by atoms with Crippen LogP contribution < -0.4 is 9.80 Å². The van der Waals surface area contributed by atoms with E-state index in [0.29, 0.717) is 12.0 Å². The van der Waals surface area contributed by atoms with Gasteiger partial charge >= 0.3 is 0 Å². The maximum Gasteiger partial charge on any atom is 0.163 e. The second kappa shape index (κ2) is 8.02. The first-order valence-corrected chi connectivity index (χ1v) is 9.19. The highest BCUT2D eigenvalue weighted by Crippen LogP contribution is 2.07. The van der Waals surface area contributed by atoms with Gasteiger partial charge in [0.2, 0.25) is 0 Å². The Morgan fingerprint density at radius 2 is 1.91 bits per heavy atom. The summed E-state index contributed by atoms with van der Waals surface area (Å²) in [5.41, 5.74) is 0.638. The number of hydrogen-bond donors (Lipinski definition) is 2. The lowest BCUT2D eigenvalue weighted by Gasteiger charge is -2.35. The maximum absolute atomic E-state index is 12.9. The number of hydrogen-bond acceptors (Lipinski definition) is 1. The molecule has 2 unspecified atom stereocenters. The Morgan fingerprint density at radius 1 is 1.09 bits per heavy atom. The molecular formula is C19H29FN2O+2. The van der Waals surface area contributed by atoms with Crippen molar-refractivity contribution in [3.05, 3.63) is 35.6 Å². The van der Waals surface area contributed by atoms with E-state index in [2.05, 4.69) is 0 Å². The third kappa shape index (κ3) is 4.61. The van der Waals surface area contributed by atoms with E-state index in [1.807, 2.05) is 4.90 Å². The van der Waals surface area contributed by atoms with Crippen LogP contribution in [0.5, 0.6) is 0 Å². The van der Waals surface area contributed by atoms with Gasteiger partial charge in [0, 0.05) is 24.8 Å². The summed E-state index contributed by atoms with van der Waals surface area (Å²) in [4.78, 5) is 15.6. The van der Waals surface area contributed by atoms with Gasteiger partial charge in [-0.2, -0.15) is 0 Å². The molecule has 1 aromatic carbocycles. The molecule has 23 heavy (non-hydrogen) atoms. The Bertz CT molecular complexity index is 517. The zero-order valence-electron chi connectivity index (χ0n) is 14.0. The van der Waals surface area contributed by atoms with Gasteiger partial charge in [-0.3, -0.25) is 4.79 Å². The maximum atomic E-state index is 12.9. The van der Waals surface area contributed by atoms with Crippen LogP contribution in [0.4, 0.5) is 4.39 Å². The van der Waals surface area contributed by atoms with Gasteiger partial charge in [-0.05, 0) is 43.5 Å². The van der Waals surface area contributed by atoms with E-state index in [1.165, 1.54) is 64.0 Å². The number of carbonyl (C=O) groups is 1. The number of ketones is 1. The highest BCUT2D eigenvalue weighted by molar-refractivity contribution is 5.95. The fourth-order valence-corrected chi connectivity index (χ4v) is 4.20. The fourth-order valence-electron chi connectivity index (χ4n) is 4.20. The predicted octanol–water partition coefficient (Wildman–Crippen LogP) is 0.515. The average Bonchev–Trinajstić information content (AvgIpc) is 2.80. The van der Waals surface area contributed by atoms with E-state index >= 15 is 0 Å². The number of nitrogens with one attached hydrogen (secondary N) is 2. The summed E-state index contributed by atoms with van der Waals surface area (Å²) in [6.45, 7) is 6.28. The second-order valence-electron chi connectivity index (χ2n) is 7.19. The van der Waals surface area contributed by atoms with Gasteiger partial charge in [-0.25, -0.2) is 4.39 Å². The third-order valence-electron chi connectivity index (χ3n) is 5.56. The molecule has 0 amide bonds. The van der Waals surface area contributed by atoms with Gasteiger partial charge in [-0.15, -0.1) is 0 Å². The summed E-state index contributed by atoms with van der Waals surface area (Å²) >= 11 is 0. The molecule has 2 fully saturated rings. The van der Waals surface area contributed by atoms with Crippen molar-refractivity contribution < 1.29 is 19.0 Å². The molecule has 2 N–H and O–H groups in total. The normalized spacial score (nSPS) is 28.0. The highest BCUT2D eigenvalue weighted by Gasteiger charge is 2.33. The SMILES string of the molecule is O=C(CCC[NH+]1CC[NH+]2CCCCC[C@@H]2C1)c1ccc(F)cc1. The largest absolute Gasteiger partial charge is 0.325 e. The van der Waals surface area contributed by atoms with Gasteiger partial charge in [0.15, 0.2) is 5.78 Å². The van der Waals surface area contributed by atoms with Crippen LogP contribution in [0.1, 0.15) is 48.9 Å². The van der Waals surface area contributed by atoms with Crippen molar-refractivity contribution in [2.24, 2.45) is 0 Å². The van der Waals surface area contributed by atoms with Gasteiger partial charge in [0.05, 0.1) is 13.1 Å². The average molecular weight is 320 g/mol. The minimum Gasteiger partial charge on any atom is -0.325 e. The van der Waals surface area contributed by atoms with E-state index in [4.69, 9.17) is 0 Å². The Labute approximate surface area is 138 Å². The standard InChI is InChI=1S/C19H27FN2O/c20-17-9-7-16(8-10-17)19(23)6-4-11-21-13-14-22-12-3-1-2-5-18(22)15-21/h7-10,18H,1-6,11-15H2/p+2/t18-/m1/s1. The lowest BCUT2D eigenvalue weighted by atomic mass is 10.0. The summed E-state index contributed by atoms with van der Waals surface area (Å²) < 4.78 is 12.9. The van der Waals surface area contributed by atoms with E-state index < -0.39 is 0 Å². The van der Waals surface area contributed by atoms with Crippen molar-refractivity contribution in [3.8, 4) is 0 Å². The van der Waals surface area contributed by atoms with Crippen molar-refractivity contribution in [3.63, 3.8) is 0 Å². The molecular weight excluding hydrogens is 291 g/mol. The molecule has 3 rings (SSSR count). The molecule has 3 nitrogen and oxygen atoms in total. The zero-order chi connectivity index (χ0) is 16.1. The molecule has 0 saturated carbocycles. The van der Waals surface area contributed by atoms with E-state index in [0.717, 1.165) is 19.0 Å². The lowest BCUT2D eigenvalue weighted by molar-refractivity contribution is -1.03. The Balaban J connectivity index is 1.42. The minimum absolute atomic E-state index is 0.142. The lowest BCUT2D eigenvalue weighted by Crippen LogP contribution is -3.30. The molecule has 0 aliphatic carbocycles. The van der Waals surface area contributed by atoms with Gasteiger partial charge < -0.3 is 9.80 Å². The number of carbonyl (C=O) groups excluding carboxylic acids is 1. The number of Topliss-reactive ketones (excluding diaryl/α,β-unsaturated/α-hetero) is 1. The van der Waals surface area contributed by atoms with Crippen LogP contribution in [0.2, 0.25) is 0 Å². The van der Waals surface area contributed by atoms with E-state index in [9.17, 15) is 9.18 Å². The molecule has 2 aliphatic heterocycles. The second-order valence-corrected chi connectivity index (χ2v) is 7.19. The summed E-state index contributed by atoms with van der Waals surface area (Å²) in [5.74, 6) is -0.141. The molecule has 0 spiro atoms. The Kier molecular flexibility index (Phi) is 5.79. The summed E-state index contributed by atoms with van der Waals surface area (Å²) in [5, 5.41) is 0. The molecule has 0 radical (unpaired) electrons. The zero-order valence-corrected chi connectivity index (χ0v) is 14.0. The van der Waals surface area contributed by atoms with Gasteiger partial charge in [-0.1, -0.05) is 0 Å². The number of rotatable bonds is 5. The smallest absolute Gasteiger partial charge is 0.163 e. The van der Waals surface area contributed by atoms with Crippen molar-refractivity contribution in [1.29, 1.82) is 0 Å². The third-order valence-corrected chi connectivity index (χ3v) is 5.56. The summed E-state index contributed by atoms with van der Waals surface area (Å²) in [6.07, 6.45) is 7.09. The highest BCUT2D eigenvalue weighted by atomic mass is 19.1. The van der Waals surface area contributed by atoms with Crippen LogP contribution in [0.25, 0.3) is 0 Å². The summed E-state index contributed by atoms with van der Waals surface area (Å²) in [7, 11) is 0. The Morgan fingerprint density at radius 3 is 2.74 bits per heavy atom. The van der Waals surface area contributed by atoms with Crippen molar-refractivity contribution >= 4 is 5.78 Å². The molecule has 2 saturated heterocycles. The quantitative estimate of drug-likeness (QED) is 0.760. The number of piperazine rings is 1. The molecule has 126 valence electrons. The first kappa shape index (κ1) is 16.6. The van der Waals surface area contributed by atoms with Crippen LogP contribution in [-0.4, -0.2) is 44.5 Å². The number of fused-ring (bicyclic) bond motifs is 1. The topological polar surface area (TPSA) is 26.0 Å². The summed E-state index contributed by atoms with van der Waals surface area (Å²) in [6, 6.07) is 6.77. The first-order valence-electron chi connectivity index (χ1n) is 9.19. The Hall–Kier alpha value is -1.26. The first-order chi connectivity index (χ1) is 11.2. The van der Waals surface area contributed by atoms with Crippen LogP contribution in [-0.2, 0) is 0 Å². The van der Waals surface area contributed by atoms with Crippen molar-refractivity contribution in [2.45, 2.75) is 44.6 Å². The number of halogens is 1. The molecule has 1 aromatic rings. The molecule has 4 heteroatoms. The van der Waals surface area contributed by atoms with Crippen LogP contribution >= 0.6 is 0 Å². The molecule has 0 aromatic heterocycles. The van der Waals surface area contributed by atoms with Gasteiger partial charge in [0.25, 0.3) is 0 Å². The fraction of sp³-hybridized carbons (Fsp3) is 0.632. The van der Waals surface area contributed by atoms with Crippen molar-refractivity contribution in [1.82, 2.24) is 0 Å². The molecule has 0 bridgehead atoms. The predicted molar refractivity (Wildman–Crippen MR) is 88.5 cm³/mol. The molecule has 2 heterocycles. The van der Waals surface area contributed by atoms with E-state index in [1.54, 1.807) is 17.0 Å². The molecule has 3 atom stereocenters. The van der Waals surface area contributed by atoms with E-state index in [-0.39, 0.29) is 11.6 Å². The van der Waals surface area contributed by atoms with Gasteiger partial charge in [0.1, 0.15) is 31.5 Å². The van der Waals surface area contributed by atoms with Crippen LogP contribution in [0.15, 0.2) is 24.3 Å². The molecule has 2 aliphatic rings. The van der Waals surface area contributed by atoms with Crippen molar-refractivity contribution in [2.75, 3.05) is 32.7 Å². The minimum atomic E-state index is -0.283. The van der Waals surface area contributed by atoms with Crippen LogP contribution in [0.3, 0.4) is 0 Å². The monoisotopic (exact) mass is 320 g/mol.